The van der Waals surface area contributed by atoms with Crippen LogP contribution in [-0.2, 0) is 9.53 Å². The normalized spacial score (nSPS) is 19.2. The van der Waals surface area contributed by atoms with Gasteiger partial charge in [-0.25, -0.2) is 4.79 Å². The molecule has 1 aliphatic rings. The first kappa shape index (κ1) is 12.6. The molecule has 1 aromatic heterocycles. The van der Waals surface area contributed by atoms with E-state index in [4.69, 9.17) is 21.4 Å². The molecule has 0 spiro atoms. The molecule has 2 N–H and O–H groups in total. The Morgan fingerprint density at radius 3 is 3.00 bits per heavy atom. The number of carbonyl (C=O) groups excluding carboxylic acids is 1. The third-order valence-electron chi connectivity index (χ3n) is 2.55. The summed E-state index contributed by atoms with van der Waals surface area (Å²) in [5.74, 6) is 0.188. The average molecular weight is 266 g/mol. The Morgan fingerprint density at radius 2 is 2.39 bits per heavy atom. The zero-order chi connectivity index (χ0) is 13.1. The van der Waals surface area contributed by atoms with Crippen molar-refractivity contribution in [3.05, 3.63) is 29.7 Å². The van der Waals surface area contributed by atoms with Crippen LogP contribution in [0.25, 0.3) is 5.70 Å². The fraction of sp³-hybridized carbons (Fsp3) is 0.333. The number of furan rings is 1. The lowest BCUT2D eigenvalue weighted by atomic mass is 10.0. The van der Waals surface area contributed by atoms with E-state index in [1.54, 1.807) is 25.3 Å². The molecule has 2 heterocycles. The Balaban J connectivity index is 2.46. The maximum atomic E-state index is 12.0. The number of hydrogen-bond acceptors (Lipinski definition) is 4. The smallest absolute Gasteiger partial charge is 0.338 e. The van der Waals surface area contributed by atoms with Gasteiger partial charge in [0.05, 0.1) is 30.2 Å². The summed E-state index contributed by atoms with van der Waals surface area (Å²) in [5, 5.41) is 6.38. The molecule has 0 saturated heterocycles. The molecule has 0 aliphatic carbocycles. The molecular formula is C12H14N2O3S. The van der Waals surface area contributed by atoms with E-state index < -0.39 is 0 Å². The van der Waals surface area contributed by atoms with Crippen molar-refractivity contribution in [3.8, 4) is 0 Å². The van der Waals surface area contributed by atoms with Gasteiger partial charge in [0, 0.05) is 0 Å². The quantitative estimate of drug-likeness (QED) is 0.637. The first-order valence-corrected chi connectivity index (χ1v) is 6.07. The van der Waals surface area contributed by atoms with Crippen LogP contribution in [0.5, 0.6) is 0 Å². The van der Waals surface area contributed by atoms with E-state index >= 15 is 0 Å². The number of ether oxygens (including phenoxy) is 1. The van der Waals surface area contributed by atoms with E-state index in [0.29, 0.717) is 28.7 Å². The topological polar surface area (TPSA) is 63.5 Å². The Labute approximate surface area is 110 Å². The first-order valence-electron chi connectivity index (χ1n) is 5.66. The van der Waals surface area contributed by atoms with Gasteiger partial charge in [0.2, 0.25) is 0 Å². The van der Waals surface area contributed by atoms with Crippen molar-refractivity contribution < 1.29 is 13.9 Å². The van der Waals surface area contributed by atoms with Crippen molar-refractivity contribution in [2.75, 3.05) is 6.61 Å². The zero-order valence-electron chi connectivity index (χ0n) is 10.1. The molecule has 96 valence electrons. The molecule has 5 nitrogen and oxygen atoms in total. The zero-order valence-corrected chi connectivity index (χ0v) is 11.0. The van der Waals surface area contributed by atoms with Gasteiger partial charge in [-0.3, -0.25) is 0 Å². The summed E-state index contributed by atoms with van der Waals surface area (Å²) in [6.07, 6.45) is 1.54. The fourth-order valence-corrected chi connectivity index (χ4v) is 2.08. The third-order valence-corrected chi connectivity index (χ3v) is 2.77. The van der Waals surface area contributed by atoms with Crippen LogP contribution in [-0.4, -0.2) is 23.7 Å². The molecule has 6 heteroatoms. The van der Waals surface area contributed by atoms with Crippen LogP contribution in [0, 0.1) is 0 Å². The lowest BCUT2D eigenvalue weighted by molar-refractivity contribution is -0.138. The molecule has 0 radical (unpaired) electrons. The van der Waals surface area contributed by atoms with E-state index in [2.05, 4.69) is 10.6 Å². The minimum absolute atomic E-state index is 0.224. The molecule has 1 unspecified atom stereocenters. The number of rotatable bonds is 3. The second kappa shape index (κ2) is 5.22. The molecule has 18 heavy (non-hydrogen) atoms. The summed E-state index contributed by atoms with van der Waals surface area (Å²) < 4.78 is 10.4. The summed E-state index contributed by atoms with van der Waals surface area (Å²) in [4.78, 5) is 12.0. The summed E-state index contributed by atoms with van der Waals surface area (Å²) in [6, 6.07) is 3.29. The molecule has 1 aromatic rings. The summed E-state index contributed by atoms with van der Waals surface area (Å²) in [6.45, 7) is 3.94. The summed E-state index contributed by atoms with van der Waals surface area (Å²) in [5.41, 5.74) is 1.05. The molecule has 1 atom stereocenters. The average Bonchev–Trinajstić information content (AvgIpc) is 2.81. The van der Waals surface area contributed by atoms with Crippen molar-refractivity contribution >= 4 is 29.0 Å². The predicted octanol–water partition coefficient (Wildman–Crippen LogP) is 1.42. The highest BCUT2D eigenvalue weighted by molar-refractivity contribution is 7.80. The maximum Gasteiger partial charge on any atom is 0.338 e. The van der Waals surface area contributed by atoms with Gasteiger partial charge in [0.1, 0.15) is 0 Å². The van der Waals surface area contributed by atoms with Crippen molar-refractivity contribution in [1.82, 2.24) is 10.6 Å². The van der Waals surface area contributed by atoms with Gasteiger partial charge in [0.25, 0.3) is 0 Å². The minimum atomic E-state index is -0.376. The van der Waals surface area contributed by atoms with E-state index in [9.17, 15) is 4.79 Å². The van der Waals surface area contributed by atoms with E-state index in [-0.39, 0.29) is 12.0 Å². The maximum absolute atomic E-state index is 12.0. The van der Waals surface area contributed by atoms with Crippen molar-refractivity contribution in [3.63, 3.8) is 0 Å². The molecule has 0 fully saturated rings. The lowest BCUT2D eigenvalue weighted by Gasteiger charge is -2.27. The van der Waals surface area contributed by atoms with Crippen LogP contribution in [0.2, 0.25) is 0 Å². The van der Waals surface area contributed by atoms with E-state index in [0.717, 1.165) is 0 Å². The van der Waals surface area contributed by atoms with E-state index in [1.165, 1.54) is 0 Å². The van der Waals surface area contributed by atoms with Gasteiger partial charge < -0.3 is 19.8 Å². The number of hydrogen-bond donors (Lipinski definition) is 2. The highest BCUT2D eigenvalue weighted by Gasteiger charge is 2.30. The number of thiocarbonyl (C=S) groups is 1. The first-order chi connectivity index (χ1) is 8.63. The Kier molecular flexibility index (Phi) is 3.66. The second-order valence-electron chi connectivity index (χ2n) is 3.81. The molecule has 0 saturated carbocycles. The minimum Gasteiger partial charge on any atom is -0.463 e. The Bertz CT molecular complexity index is 493. The number of esters is 1. The van der Waals surface area contributed by atoms with Crippen molar-refractivity contribution in [1.29, 1.82) is 0 Å². The van der Waals surface area contributed by atoms with E-state index in [1.807, 2.05) is 6.92 Å². The van der Waals surface area contributed by atoms with Gasteiger partial charge in [-0.05, 0) is 38.2 Å². The van der Waals surface area contributed by atoms with Gasteiger partial charge in [-0.1, -0.05) is 0 Å². The molecular weight excluding hydrogens is 252 g/mol. The molecule has 2 rings (SSSR count). The second-order valence-corrected chi connectivity index (χ2v) is 4.21. The van der Waals surface area contributed by atoms with Crippen LogP contribution in [0.3, 0.4) is 0 Å². The highest BCUT2D eigenvalue weighted by atomic mass is 32.1. The summed E-state index contributed by atoms with van der Waals surface area (Å²) in [7, 11) is 0. The van der Waals surface area contributed by atoms with Crippen molar-refractivity contribution in [2.45, 2.75) is 19.9 Å². The predicted molar refractivity (Wildman–Crippen MR) is 70.6 cm³/mol. The van der Waals surface area contributed by atoms with Crippen LogP contribution in [0.4, 0.5) is 0 Å². The molecule has 0 bridgehead atoms. The van der Waals surface area contributed by atoms with Crippen LogP contribution < -0.4 is 10.6 Å². The third kappa shape index (κ3) is 2.38. The molecule has 0 aromatic carbocycles. The fourth-order valence-electron chi connectivity index (χ4n) is 1.81. The monoisotopic (exact) mass is 266 g/mol. The number of carbonyl (C=O) groups is 1. The number of nitrogens with one attached hydrogen (secondary N) is 2. The summed E-state index contributed by atoms with van der Waals surface area (Å²) >= 11 is 5.09. The molecule has 0 amide bonds. The largest absolute Gasteiger partial charge is 0.463 e. The molecule has 1 aliphatic heterocycles. The van der Waals surface area contributed by atoms with Gasteiger partial charge in [-0.15, -0.1) is 0 Å². The van der Waals surface area contributed by atoms with Crippen LogP contribution in [0.1, 0.15) is 19.6 Å². The lowest BCUT2D eigenvalue weighted by Crippen LogP contribution is -2.48. The Morgan fingerprint density at radius 1 is 1.61 bits per heavy atom. The SMILES string of the molecule is CCOC(=O)C1=C(c2ccco2)NC(=S)NC1C. The van der Waals surface area contributed by atoms with Gasteiger partial charge in [-0.2, -0.15) is 0 Å². The van der Waals surface area contributed by atoms with Crippen LogP contribution >= 0.6 is 12.2 Å². The van der Waals surface area contributed by atoms with Gasteiger partial charge >= 0.3 is 5.97 Å². The van der Waals surface area contributed by atoms with Crippen LogP contribution in [0.15, 0.2) is 28.4 Å². The van der Waals surface area contributed by atoms with Crippen molar-refractivity contribution in [2.24, 2.45) is 0 Å². The standard InChI is InChI=1S/C12H14N2O3S/c1-3-16-11(15)9-7(2)13-12(18)14-10(9)8-5-4-6-17-8/h4-7H,3H2,1-2H3,(H2,13,14,18). The Hall–Kier alpha value is -1.82. The van der Waals surface area contributed by atoms with Gasteiger partial charge in [0.15, 0.2) is 10.9 Å². The highest BCUT2D eigenvalue weighted by Crippen LogP contribution is 2.23.